The van der Waals surface area contributed by atoms with Crippen LogP contribution in [0.2, 0.25) is 0 Å². The Balaban J connectivity index is 2.77. The first-order valence-electron chi connectivity index (χ1n) is 5.01. The molecule has 1 aromatic heterocycles. The monoisotopic (exact) mass is 345 g/mol. The van der Waals surface area contributed by atoms with Crippen molar-refractivity contribution in [3.05, 3.63) is 17.0 Å². The molecule has 1 amide bonds. The average Bonchev–Trinajstić information content (AvgIpc) is 2.61. The molecule has 0 aromatic carbocycles. The minimum Gasteiger partial charge on any atom is -0.349 e. The summed E-state index contributed by atoms with van der Waals surface area (Å²) in [6, 6.07) is 0.577. The lowest BCUT2D eigenvalue weighted by Crippen LogP contribution is -2.37. The fourth-order valence-corrected chi connectivity index (χ4v) is 4.30. The fourth-order valence-electron chi connectivity index (χ4n) is 1.37. The van der Waals surface area contributed by atoms with Crippen molar-refractivity contribution in [2.24, 2.45) is 0 Å². The molecule has 0 saturated heterocycles. The van der Waals surface area contributed by atoms with Gasteiger partial charge in [-0.05, 0) is 13.0 Å². The van der Waals surface area contributed by atoms with Crippen molar-refractivity contribution in [3.8, 4) is 0 Å². The van der Waals surface area contributed by atoms with Gasteiger partial charge in [0.05, 0.1) is 11.3 Å². The molecule has 0 radical (unpaired) electrons. The van der Waals surface area contributed by atoms with Crippen LogP contribution in [-0.2, 0) is 18.9 Å². The van der Waals surface area contributed by atoms with Gasteiger partial charge in [0.2, 0.25) is 0 Å². The zero-order valence-corrected chi connectivity index (χ0v) is 13.3. The fraction of sp³-hybridized carbons (Fsp3) is 0.444. The highest BCUT2D eigenvalue weighted by Gasteiger charge is 2.18. The van der Waals surface area contributed by atoms with Crippen LogP contribution in [0.5, 0.6) is 0 Å². The van der Waals surface area contributed by atoms with Crippen molar-refractivity contribution >= 4 is 46.8 Å². The Morgan fingerprint density at radius 2 is 2.00 bits per heavy atom. The quantitative estimate of drug-likeness (QED) is 0.797. The van der Waals surface area contributed by atoms with Gasteiger partial charge in [-0.15, -0.1) is 11.3 Å². The molecule has 1 aromatic rings. The number of halogens is 1. The summed E-state index contributed by atoms with van der Waals surface area (Å²) in [6.07, 6.45) is 1.07. The summed E-state index contributed by atoms with van der Waals surface area (Å²) < 4.78 is 44.1. The predicted molar refractivity (Wildman–Crippen MR) is 74.0 cm³/mol. The first-order chi connectivity index (χ1) is 8.49. The van der Waals surface area contributed by atoms with Crippen molar-refractivity contribution in [3.63, 3.8) is 0 Å². The molecule has 1 atom stereocenters. The second kappa shape index (κ2) is 5.78. The van der Waals surface area contributed by atoms with E-state index in [0.717, 1.165) is 23.7 Å². The van der Waals surface area contributed by atoms with Crippen LogP contribution >= 0.6 is 22.0 Å². The van der Waals surface area contributed by atoms with Gasteiger partial charge in [-0.1, -0.05) is 0 Å². The summed E-state index contributed by atoms with van der Waals surface area (Å²) in [5.74, 6) is -0.734. The van der Waals surface area contributed by atoms with Crippen molar-refractivity contribution in [1.29, 1.82) is 0 Å². The van der Waals surface area contributed by atoms with E-state index in [4.69, 9.17) is 10.7 Å². The van der Waals surface area contributed by atoms with E-state index in [1.807, 2.05) is 0 Å². The lowest BCUT2D eigenvalue weighted by molar-refractivity contribution is 0.0944. The van der Waals surface area contributed by atoms with Gasteiger partial charge in [0, 0.05) is 28.4 Å². The molecule has 6 nitrogen and oxygen atoms in total. The molecule has 1 unspecified atom stereocenters. The summed E-state index contributed by atoms with van der Waals surface area (Å²) in [5, 5.41) is 3.81. The van der Waals surface area contributed by atoms with Gasteiger partial charge < -0.3 is 5.32 Å². The van der Waals surface area contributed by atoms with Gasteiger partial charge in [-0.2, -0.15) is 0 Å². The lowest BCUT2D eigenvalue weighted by Gasteiger charge is -2.11. The van der Waals surface area contributed by atoms with Crippen LogP contribution in [0.25, 0.3) is 0 Å². The van der Waals surface area contributed by atoms with Crippen LogP contribution in [0.4, 0.5) is 0 Å². The summed E-state index contributed by atoms with van der Waals surface area (Å²) in [7, 11) is -1.92. The molecular formula is C9H12ClNO5S3. The molecule has 0 saturated carbocycles. The van der Waals surface area contributed by atoms with Gasteiger partial charge >= 0.3 is 0 Å². The Labute approximate surface area is 120 Å². The van der Waals surface area contributed by atoms with Crippen molar-refractivity contribution < 1.29 is 21.6 Å². The number of thiophene rings is 1. The Morgan fingerprint density at radius 1 is 1.42 bits per heavy atom. The Morgan fingerprint density at radius 3 is 2.42 bits per heavy atom. The van der Waals surface area contributed by atoms with Crippen LogP contribution in [0.15, 0.2) is 15.7 Å². The third-order valence-electron chi connectivity index (χ3n) is 2.01. The Hall–Kier alpha value is -0.640. The van der Waals surface area contributed by atoms with Crippen molar-refractivity contribution in [1.82, 2.24) is 5.32 Å². The first kappa shape index (κ1) is 16.4. The van der Waals surface area contributed by atoms with Gasteiger partial charge in [-0.3, -0.25) is 4.79 Å². The maximum Gasteiger partial charge on any atom is 0.270 e. The summed E-state index contributed by atoms with van der Waals surface area (Å²) in [6.45, 7) is 1.55. The molecule has 10 heteroatoms. The molecule has 0 aliphatic heterocycles. The van der Waals surface area contributed by atoms with E-state index in [-0.39, 0.29) is 15.5 Å². The number of sulfone groups is 1. The van der Waals surface area contributed by atoms with Gasteiger partial charge in [0.25, 0.3) is 15.0 Å². The number of nitrogens with one attached hydrogen (secondary N) is 1. The zero-order chi connectivity index (χ0) is 14.8. The molecule has 0 bridgehead atoms. The zero-order valence-electron chi connectivity index (χ0n) is 10.1. The van der Waals surface area contributed by atoms with Crippen LogP contribution in [0.3, 0.4) is 0 Å². The standard InChI is InChI=1S/C9H12ClNO5S3/c1-6(5-18(2,13)14)11-9(12)7-3-8(17-4-7)19(10,15)16/h3-4,6H,5H2,1-2H3,(H,11,12). The smallest absolute Gasteiger partial charge is 0.270 e. The lowest BCUT2D eigenvalue weighted by atomic mass is 10.3. The largest absolute Gasteiger partial charge is 0.349 e. The molecule has 1 N–H and O–H groups in total. The molecule has 0 aliphatic rings. The molecule has 1 heterocycles. The third-order valence-corrected chi connectivity index (χ3v) is 6.15. The molecule has 1 rings (SSSR count). The number of hydrogen-bond acceptors (Lipinski definition) is 6. The van der Waals surface area contributed by atoms with Crippen molar-refractivity contribution in [2.75, 3.05) is 12.0 Å². The predicted octanol–water partition coefficient (Wildman–Crippen LogP) is 0.839. The second-order valence-corrected chi connectivity index (χ2v) is 9.95. The molecule has 108 valence electrons. The highest BCUT2D eigenvalue weighted by Crippen LogP contribution is 2.23. The van der Waals surface area contributed by atoms with Gasteiger partial charge in [0.15, 0.2) is 0 Å². The van der Waals surface area contributed by atoms with Gasteiger partial charge in [0.1, 0.15) is 14.0 Å². The highest BCUT2D eigenvalue weighted by atomic mass is 35.7. The number of hydrogen-bond donors (Lipinski definition) is 1. The van der Waals surface area contributed by atoms with Crippen molar-refractivity contribution in [2.45, 2.75) is 17.2 Å². The number of carbonyl (C=O) groups excluding carboxylic acids is 1. The normalized spacial score (nSPS) is 14.1. The topological polar surface area (TPSA) is 97.4 Å². The van der Waals surface area contributed by atoms with Crippen LogP contribution in [0.1, 0.15) is 17.3 Å². The van der Waals surface area contributed by atoms with Crippen LogP contribution < -0.4 is 5.32 Å². The van der Waals surface area contributed by atoms with Gasteiger partial charge in [-0.25, -0.2) is 16.8 Å². The SMILES string of the molecule is CC(CS(C)(=O)=O)NC(=O)c1csc(S(=O)(=O)Cl)c1. The highest BCUT2D eigenvalue weighted by molar-refractivity contribution is 8.15. The molecule has 0 fully saturated rings. The van der Waals surface area contributed by atoms with E-state index in [0.29, 0.717) is 0 Å². The molecule has 0 spiro atoms. The minimum absolute atomic E-state index is 0.129. The van der Waals surface area contributed by atoms with E-state index < -0.39 is 30.8 Å². The molecule has 19 heavy (non-hydrogen) atoms. The van der Waals surface area contributed by atoms with Crippen LogP contribution in [-0.4, -0.2) is 40.8 Å². The maximum atomic E-state index is 11.7. The molecule has 0 aliphatic carbocycles. The third kappa shape index (κ3) is 5.47. The molecular weight excluding hydrogens is 334 g/mol. The number of carbonyl (C=O) groups is 1. The summed E-state index contributed by atoms with van der Waals surface area (Å²) in [5.41, 5.74) is 0.129. The summed E-state index contributed by atoms with van der Waals surface area (Å²) >= 11 is 0.826. The first-order valence-corrected chi connectivity index (χ1v) is 10.3. The number of amides is 1. The average molecular weight is 346 g/mol. The van der Waals surface area contributed by atoms with E-state index in [9.17, 15) is 21.6 Å². The maximum absolute atomic E-state index is 11.7. The van der Waals surface area contributed by atoms with Crippen LogP contribution in [0, 0.1) is 0 Å². The Bertz CT molecular complexity index is 676. The summed E-state index contributed by atoms with van der Waals surface area (Å²) in [4.78, 5) is 11.7. The number of rotatable bonds is 5. The van der Waals surface area contributed by atoms with E-state index in [1.165, 1.54) is 5.38 Å². The van der Waals surface area contributed by atoms with E-state index >= 15 is 0 Å². The second-order valence-electron chi connectivity index (χ2n) is 4.06. The van der Waals surface area contributed by atoms with E-state index in [2.05, 4.69) is 5.32 Å². The Kier molecular flexibility index (Phi) is 4.99. The minimum atomic E-state index is -3.86. The van der Waals surface area contributed by atoms with E-state index in [1.54, 1.807) is 6.92 Å².